The number of thiazole rings is 1. The molecule has 6 heteroatoms. The SMILES string of the molecule is CC1CC(C)OP(=O)(Cc2ccc(-c3nc4ccccc4s3)cc2)O1. The molecule has 1 aliphatic rings. The summed E-state index contributed by atoms with van der Waals surface area (Å²) in [6.45, 7) is 3.89. The summed E-state index contributed by atoms with van der Waals surface area (Å²) < 4.78 is 25.3. The molecular weight excluding hydrogens is 353 g/mol. The fourth-order valence-corrected chi connectivity index (χ4v) is 6.27. The van der Waals surface area contributed by atoms with Crippen molar-refractivity contribution in [3.8, 4) is 10.6 Å². The van der Waals surface area contributed by atoms with Gasteiger partial charge in [-0.05, 0) is 31.5 Å². The molecule has 0 radical (unpaired) electrons. The first-order valence-electron chi connectivity index (χ1n) is 8.41. The number of hydrogen-bond donors (Lipinski definition) is 0. The molecule has 2 unspecified atom stereocenters. The van der Waals surface area contributed by atoms with Gasteiger partial charge in [-0.1, -0.05) is 36.4 Å². The highest BCUT2D eigenvalue weighted by molar-refractivity contribution is 7.53. The van der Waals surface area contributed by atoms with E-state index in [0.717, 1.165) is 28.1 Å². The van der Waals surface area contributed by atoms with Crippen LogP contribution in [0, 0.1) is 0 Å². The van der Waals surface area contributed by atoms with Crippen molar-refractivity contribution in [3.63, 3.8) is 0 Å². The van der Waals surface area contributed by atoms with Crippen LogP contribution in [0.3, 0.4) is 0 Å². The van der Waals surface area contributed by atoms with E-state index in [1.807, 2.05) is 56.3 Å². The number of benzene rings is 2. The van der Waals surface area contributed by atoms with Gasteiger partial charge in [0.15, 0.2) is 0 Å². The second-order valence-corrected chi connectivity index (χ2v) is 9.51. The van der Waals surface area contributed by atoms with Crippen LogP contribution in [0.25, 0.3) is 20.8 Å². The van der Waals surface area contributed by atoms with Gasteiger partial charge in [-0.25, -0.2) is 4.98 Å². The van der Waals surface area contributed by atoms with Crippen molar-refractivity contribution in [3.05, 3.63) is 54.1 Å². The highest BCUT2D eigenvalue weighted by Crippen LogP contribution is 2.56. The molecule has 3 aromatic rings. The van der Waals surface area contributed by atoms with Crippen LogP contribution >= 0.6 is 18.9 Å². The Morgan fingerprint density at radius 2 is 1.76 bits per heavy atom. The molecule has 1 saturated heterocycles. The van der Waals surface area contributed by atoms with Gasteiger partial charge in [-0.2, -0.15) is 0 Å². The van der Waals surface area contributed by atoms with Gasteiger partial charge in [0, 0.05) is 12.0 Å². The van der Waals surface area contributed by atoms with E-state index in [2.05, 4.69) is 11.1 Å². The number of rotatable bonds is 3. The van der Waals surface area contributed by atoms with E-state index >= 15 is 0 Å². The number of nitrogens with zero attached hydrogens (tertiary/aromatic N) is 1. The van der Waals surface area contributed by atoms with Gasteiger partial charge in [-0.3, -0.25) is 4.57 Å². The Morgan fingerprint density at radius 3 is 2.44 bits per heavy atom. The van der Waals surface area contributed by atoms with Gasteiger partial charge in [0.25, 0.3) is 0 Å². The van der Waals surface area contributed by atoms with E-state index in [4.69, 9.17) is 9.05 Å². The maximum absolute atomic E-state index is 12.8. The van der Waals surface area contributed by atoms with Crippen LogP contribution in [-0.2, 0) is 19.8 Å². The molecule has 25 heavy (non-hydrogen) atoms. The average Bonchev–Trinajstić information content (AvgIpc) is 2.97. The monoisotopic (exact) mass is 373 g/mol. The van der Waals surface area contributed by atoms with Crippen LogP contribution in [0.4, 0.5) is 0 Å². The average molecular weight is 373 g/mol. The Morgan fingerprint density at radius 1 is 1.08 bits per heavy atom. The minimum absolute atomic E-state index is 0.0309. The van der Waals surface area contributed by atoms with Gasteiger partial charge in [0.05, 0.1) is 28.6 Å². The van der Waals surface area contributed by atoms with E-state index in [0.29, 0.717) is 6.16 Å². The van der Waals surface area contributed by atoms with Crippen molar-refractivity contribution in [2.45, 2.75) is 38.6 Å². The van der Waals surface area contributed by atoms with E-state index in [1.54, 1.807) is 11.3 Å². The largest absolute Gasteiger partial charge is 0.335 e. The fraction of sp³-hybridized carbons (Fsp3) is 0.316. The molecule has 0 aliphatic carbocycles. The van der Waals surface area contributed by atoms with Crippen molar-refractivity contribution in [2.24, 2.45) is 0 Å². The molecule has 1 aromatic heterocycles. The lowest BCUT2D eigenvalue weighted by Crippen LogP contribution is -2.24. The Hall–Kier alpha value is -1.52. The molecule has 0 saturated carbocycles. The summed E-state index contributed by atoms with van der Waals surface area (Å²) in [6, 6.07) is 16.1. The van der Waals surface area contributed by atoms with E-state index < -0.39 is 7.60 Å². The van der Waals surface area contributed by atoms with Crippen LogP contribution in [0.2, 0.25) is 0 Å². The quantitative estimate of drug-likeness (QED) is 0.539. The topological polar surface area (TPSA) is 48.4 Å². The second-order valence-electron chi connectivity index (χ2n) is 6.52. The minimum atomic E-state index is -3.07. The van der Waals surface area contributed by atoms with Crippen molar-refractivity contribution in [1.29, 1.82) is 0 Å². The molecule has 0 bridgehead atoms. The third-order valence-corrected chi connectivity index (χ3v) is 7.42. The van der Waals surface area contributed by atoms with Gasteiger partial charge >= 0.3 is 7.60 Å². The highest BCUT2D eigenvalue weighted by atomic mass is 32.1. The first-order chi connectivity index (χ1) is 12.0. The highest BCUT2D eigenvalue weighted by Gasteiger charge is 2.35. The lowest BCUT2D eigenvalue weighted by Gasteiger charge is -2.32. The Bertz CT molecular complexity index is 890. The third kappa shape index (κ3) is 3.70. The summed E-state index contributed by atoms with van der Waals surface area (Å²) in [5.74, 6) is 0. The molecule has 0 amide bonds. The zero-order chi connectivity index (χ0) is 17.4. The molecular formula is C19H20NO3PS. The van der Waals surface area contributed by atoms with Crippen LogP contribution < -0.4 is 0 Å². The molecule has 0 N–H and O–H groups in total. The summed E-state index contributed by atoms with van der Waals surface area (Å²) in [5, 5.41) is 0.992. The van der Waals surface area contributed by atoms with Crippen molar-refractivity contribution >= 4 is 29.1 Å². The Balaban J connectivity index is 1.55. The molecule has 2 heterocycles. The normalized spacial score (nSPS) is 26.8. The van der Waals surface area contributed by atoms with Gasteiger partial charge in [0.1, 0.15) is 5.01 Å². The van der Waals surface area contributed by atoms with Crippen LogP contribution in [0.5, 0.6) is 0 Å². The van der Waals surface area contributed by atoms with Gasteiger partial charge in [-0.15, -0.1) is 11.3 Å². The molecule has 130 valence electrons. The summed E-state index contributed by atoms with van der Waals surface area (Å²) >= 11 is 1.68. The maximum Gasteiger partial charge on any atom is 0.335 e. The predicted molar refractivity (Wildman–Crippen MR) is 102 cm³/mol. The zero-order valence-corrected chi connectivity index (χ0v) is 15.9. The number of fused-ring (bicyclic) bond motifs is 1. The molecule has 1 aliphatic heterocycles. The summed E-state index contributed by atoms with van der Waals surface area (Å²) in [4.78, 5) is 4.68. The van der Waals surface area contributed by atoms with Crippen LogP contribution in [-0.4, -0.2) is 17.2 Å². The number of para-hydroxylation sites is 1. The molecule has 4 rings (SSSR count). The Kier molecular flexibility index (Phi) is 4.50. The van der Waals surface area contributed by atoms with Crippen molar-refractivity contribution in [1.82, 2.24) is 4.98 Å². The van der Waals surface area contributed by atoms with Crippen molar-refractivity contribution in [2.75, 3.05) is 0 Å². The van der Waals surface area contributed by atoms with E-state index in [1.165, 1.54) is 4.70 Å². The first-order valence-corrected chi connectivity index (χ1v) is 11.0. The zero-order valence-electron chi connectivity index (χ0n) is 14.2. The smallest absolute Gasteiger partial charge is 0.305 e. The van der Waals surface area contributed by atoms with Crippen molar-refractivity contribution < 1.29 is 13.6 Å². The fourth-order valence-electron chi connectivity index (χ4n) is 3.17. The first kappa shape index (κ1) is 16.9. The molecule has 2 aromatic carbocycles. The third-order valence-electron chi connectivity index (χ3n) is 4.22. The van der Waals surface area contributed by atoms with Crippen LogP contribution in [0.1, 0.15) is 25.8 Å². The number of aromatic nitrogens is 1. The van der Waals surface area contributed by atoms with Gasteiger partial charge in [0.2, 0.25) is 0 Å². The summed E-state index contributed by atoms with van der Waals surface area (Å²) in [5.41, 5.74) is 3.04. The van der Waals surface area contributed by atoms with Crippen LogP contribution in [0.15, 0.2) is 48.5 Å². The predicted octanol–water partition coefficient (Wildman–Crippen LogP) is 5.87. The van der Waals surface area contributed by atoms with E-state index in [9.17, 15) is 4.57 Å². The Labute approximate surface area is 151 Å². The lowest BCUT2D eigenvalue weighted by atomic mass is 10.2. The van der Waals surface area contributed by atoms with E-state index in [-0.39, 0.29) is 12.2 Å². The molecule has 4 nitrogen and oxygen atoms in total. The maximum atomic E-state index is 12.8. The molecule has 2 atom stereocenters. The molecule has 1 fully saturated rings. The van der Waals surface area contributed by atoms with Gasteiger partial charge < -0.3 is 9.05 Å². The minimum Gasteiger partial charge on any atom is -0.305 e. The second kappa shape index (κ2) is 6.65. The number of hydrogen-bond acceptors (Lipinski definition) is 5. The standard InChI is InChI=1S/C19H20NO3PS/c1-13-11-14(2)23-24(21,22-13)12-15-7-9-16(10-8-15)19-20-17-5-3-4-6-18(17)25-19/h3-10,13-14H,11-12H2,1-2H3. The molecule has 0 spiro atoms. The lowest BCUT2D eigenvalue weighted by molar-refractivity contribution is 0.0479. The summed E-state index contributed by atoms with van der Waals surface area (Å²) in [7, 11) is -3.07. The summed E-state index contributed by atoms with van der Waals surface area (Å²) in [6.07, 6.45) is 1.02.